The van der Waals surface area contributed by atoms with Gasteiger partial charge in [0.15, 0.2) is 0 Å². The number of nitrogen functional groups attached to an aromatic ring is 1. The minimum atomic E-state index is 0.761. The number of hydrogen-bond acceptors (Lipinski definition) is 5. The van der Waals surface area contributed by atoms with Crippen LogP contribution in [0.3, 0.4) is 0 Å². The normalized spacial score (nSPS) is 11.0. The Bertz CT molecular complexity index is 794. The van der Waals surface area contributed by atoms with Gasteiger partial charge in [0.2, 0.25) is 0 Å². The number of benzene rings is 1. The summed E-state index contributed by atoms with van der Waals surface area (Å²) in [4.78, 5) is 12.4. The Hall–Kier alpha value is -2.14. The number of nitrogens with two attached hydrogens (primary N) is 1. The van der Waals surface area contributed by atoms with Gasteiger partial charge < -0.3 is 10.6 Å². The van der Waals surface area contributed by atoms with Crippen LogP contribution in [0.25, 0.3) is 10.9 Å². The minimum Gasteiger partial charge on any atom is -0.399 e. The van der Waals surface area contributed by atoms with Crippen molar-refractivity contribution >= 4 is 33.6 Å². The molecule has 2 N–H and O–H groups in total. The fourth-order valence-electron chi connectivity index (χ4n) is 2.45. The molecule has 0 aliphatic rings. The van der Waals surface area contributed by atoms with Crippen molar-refractivity contribution in [1.29, 1.82) is 0 Å². The maximum atomic E-state index is 5.94. The van der Waals surface area contributed by atoms with E-state index in [1.54, 1.807) is 11.3 Å². The van der Waals surface area contributed by atoms with Crippen molar-refractivity contribution in [2.45, 2.75) is 20.4 Å². The van der Waals surface area contributed by atoms with Gasteiger partial charge in [-0.25, -0.2) is 4.98 Å². The van der Waals surface area contributed by atoms with Crippen LogP contribution in [-0.4, -0.2) is 17.0 Å². The summed E-state index contributed by atoms with van der Waals surface area (Å²) in [7, 11) is 2.09. The molecule has 0 spiro atoms. The Morgan fingerprint density at radius 2 is 2.05 bits per heavy atom. The molecule has 0 amide bonds. The average molecular weight is 298 g/mol. The van der Waals surface area contributed by atoms with Crippen LogP contribution in [0.1, 0.15) is 16.3 Å². The molecular formula is C16H18N4S. The van der Waals surface area contributed by atoms with E-state index in [4.69, 9.17) is 5.73 Å². The van der Waals surface area contributed by atoms with Crippen LogP contribution in [0.5, 0.6) is 0 Å². The van der Waals surface area contributed by atoms with Gasteiger partial charge in [0, 0.05) is 34.4 Å². The van der Waals surface area contributed by atoms with Gasteiger partial charge in [0.1, 0.15) is 0 Å². The molecule has 4 nitrogen and oxygen atoms in total. The average Bonchev–Trinajstić information content (AvgIpc) is 2.84. The SMILES string of the molecule is Cc1cc(N(C)Cc2scnc2C)c2cc(N)ccc2n1. The van der Waals surface area contributed by atoms with Crippen molar-refractivity contribution in [2.75, 3.05) is 17.7 Å². The van der Waals surface area contributed by atoms with Crippen molar-refractivity contribution in [1.82, 2.24) is 9.97 Å². The summed E-state index contributed by atoms with van der Waals surface area (Å²) in [6, 6.07) is 7.98. The predicted molar refractivity (Wildman–Crippen MR) is 89.9 cm³/mol. The van der Waals surface area contributed by atoms with E-state index in [1.165, 1.54) is 4.88 Å². The number of aryl methyl sites for hydroxylation is 2. The van der Waals surface area contributed by atoms with Crippen LogP contribution in [0.2, 0.25) is 0 Å². The molecule has 0 saturated carbocycles. The molecule has 0 saturated heterocycles. The first kappa shape index (κ1) is 13.8. The predicted octanol–water partition coefficient (Wildman–Crippen LogP) is 3.53. The van der Waals surface area contributed by atoms with E-state index in [9.17, 15) is 0 Å². The molecule has 108 valence electrons. The lowest BCUT2D eigenvalue weighted by molar-refractivity contribution is 0.928. The zero-order valence-corrected chi connectivity index (χ0v) is 13.2. The van der Waals surface area contributed by atoms with Gasteiger partial charge in [-0.15, -0.1) is 11.3 Å². The highest BCUT2D eigenvalue weighted by Gasteiger charge is 2.11. The largest absolute Gasteiger partial charge is 0.399 e. The zero-order chi connectivity index (χ0) is 15.0. The summed E-state index contributed by atoms with van der Waals surface area (Å²) in [5.74, 6) is 0. The smallest absolute Gasteiger partial charge is 0.0798 e. The summed E-state index contributed by atoms with van der Waals surface area (Å²) in [5.41, 5.74) is 12.8. The van der Waals surface area contributed by atoms with Gasteiger partial charge in [0.05, 0.1) is 23.3 Å². The summed E-state index contributed by atoms with van der Waals surface area (Å²) in [6.45, 7) is 4.91. The number of aromatic nitrogens is 2. The van der Waals surface area contributed by atoms with Crippen LogP contribution >= 0.6 is 11.3 Å². The highest BCUT2D eigenvalue weighted by molar-refractivity contribution is 7.09. The zero-order valence-electron chi connectivity index (χ0n) is 12.4. The molecule has 3 rings (SSSR count). The molecule has 1 aromatic carbocycles. The number of fused-ring (bicyclic) bond motifs is 1. The number of rotatable bonds is 3. The van der Waals surface area contributed by atoms with Crippen LogP contribution in [0.4, 0.5) is 11.4 Å². The van der Waals surface area contributed by atoms with Gasteiger partial charge in [-0.2, -0.15) is 0 Å². The lowest BCUT2D eigenvalue weighted by Crippen LogP contribution is -2.17. The van der Waals surface area contributed by atoms with Gasteiger partial charge in [-0.3, -0.25) is 4.98 Å². The van der Waals surface area contributed by atoms with E-state index >= 15 is 0 Å². The Morgan fingerprint density at radius 1 is 1.24 bits per heavy atom. The monoisotopic (exact) mass is 298 g/mol. The topological polar surface area (TPSA) is 55.0 Å². The molecule has 3 aromatic rings. The molecule has 0 aliphatic carbocycles. The van der Waals surface area contributed by atoms with Crippen LogP contribution < -0.4 is 10.6 Å². The van der Waals surface area contributed by atoms with Gasteiger partial charge >= 0.3 is 0 Å². The molecule has 0 bridgehead atoms. The highest BCUT2D eigenvalue weighted by atomic mass is 32.1. The fourth-order valence-corrected chi connectivity index (χ4v) is 3.28. The molecule has 0 fully saturated rings. The molecule has 0 atom stereocenters. The van der Waals surface area contributed by atoms with E-state index in [-0.39, 0.29) is 0 Å². The first-order valence-corrected chi connectivity index (χ1v) is 7.69. The lowest BCUT2D eigenvalue weighted by atomic mass is 10.1. The van der Waals surface area contributed by atoms with Crippen molar-refractivity contribution in [2.24, 2.45) is 0 Å². The molecule has 2 aromatic heterocycles. The Morgan fingerprint density at radius 3 is 2.76 bits per heavy atom. The van der Waals surface area contributed by atoms with Crippen LogP contribution in [0.15, 0.2) is 29.8 Å². The second kappa shape index (κ2) is 5.33. The first-order chi connectivity index (χ1) is 10.0. The van der Waals surface area contributed by atoms with Gasteiger partial charge in [-0.1, -0.05) is 0 Å². The van der Waals surface area contributed by atoms with Gasteiger partial charge in [0.25, 0.3) is 0 Å². The second-order valence-electron chi connectivity index (χ2n) is 5.28. The standard InChI is InChI=1S/C16H18N4S/c1-10-6-15(13-7-12(17)4-5-14(13)19-10)20(3)8-16-11(2)18-9-21-16/h4-7,9H,8,17H2,1-3H3. The minimum absolute atomic E-state index is 0.761. The molecule has 21 heavy (non-hydrogen) atoms. The van der Waals surface area contributed by atoms with Gasteiger partial charge in [-0.05, 0) is 38.1 Å². The Labute approximate surface area is 128 Å². The molecule has 5 heteroatoms. The van der Waals surface area contributed by atoms with E-state index < -0.39 is 0 Å². The molecule has 2 heterocycles. The van der Waals surface area contributed by atoms with Crippen molar-refractivity contribution in [3.8, 4) is 0 Å². The molecular weight excluding hydrogens is 280 g/mol. The van der Waals surface area contributed by atoms with Crippen molar-refractivity contribution in [3.63, 3.8) is 0 Å². The molecule has 0 aliphatic heterocycles. The summed E-state index contributed by atoms with van der Waals surface area (Å²) in [5, 5.41) is 1.09. The summed E-state index contributed by atoms with van der Waals surface area (Å²) >= 11 is 1.69. The Kier molecular flexibility index (Phi) is 3.51. The van der Waals surface area contributed by atoms with E-state index in [1.807, 2.05) is 37.6 Å². The first-order valence-electron chi connectivity index (χ1n) is 6.81. The third-order valence-electron chi connectivity index (χ3n) is 3.58. The number of nitrogens with zero attached hydrogens (tertiary/aromatic N) is 3. The third kappa shape index (κ3) is 2.69. The summed E-state index contributed by atoms with van der Waals surface area (Å²) in [6.07, 6.45) is 0. The molecule has 0 unspecified atom stereocenters. The van der Waals surface area contributed by atoms with Crippen molar-refractivity contribution < 1.29 is 0 Å². The fraction of sp³-hybridized carbons (Fsp3) is 0.250. The maximum Gasteiger partial charge on any atom is 0.0798 e. The Balaban J connectivity index is 2.06. The molecule has 0 radical (unpaired) electrons. The highest BCUT2D eigenvalue weighted by Crippen LogP contribution is 2.29. The number of hydrogen-bond donors (Lipinski definition) is 1. The maximum absolute atomic E-state index is 5.94. The van der Waals surface area contributed by atoms with Crippen LogP contribution in [-0.2, 0) is 6.54 Å². The van der Waals surface area contributed by atoms with Crippen molar-refractivity contribution in [3.05, 3.63) is 46.0 Å². The quantitative estimate of drug-likeness (QED) is 0.752. The van der Waals surface area contributed by atoms with Crippen LogP contribution in [0, 0.1) is 13.8 Å². The van der Waals surface area contributed by atoms with E-state index in [0.29, 0.717) is 0 Å². The number of thiazole rings is 1. The van der Waals surface area contributed by atoms with E-state index in [0.717, 1.165) is 40.2 Å². The number of anilines is 2. The lowest BCUT2D eigenvalue weighted by Gasteiger charge is -2.21. The van der Waals surface area contributed by atoms with E-state index in [2.05, 4.69) is 28.0 Å². The summed E-state index contributed by atoms with van der Waals surface area (Å²) < 4.78 is 0. The third-order valence-corrected chi connectivity index (χ3v) is 4.50. The number of pyridine rings is 1. The second-order valence-corrected chi connectivity index (χ2v) is 6.22.